The fourth-order valence-corrected chi connectivity index (χ4v) is 2.62. The Morgan fingerprint density at radius 3 is 2.52 bits per heavy atom. The number of nitrogens with one attached hydrogen (secondary N) is 1. The standard InChI is InChI=1S/C15H25N2O3P/c1-15(2,3)20-14(18)17-10-13(16)11-7-6-8-12(9-11)21(4,5)19/h6-9,13H,10,16H2,1-5H3,(H,17,18). The summed E-state index contributed by atoms with van der Waals surface area (Å²) in [6, 6.07) is 6.99. The summed E-state index contributed by atoms with van der Waals surface area (Å²) in [5.74, 6) is 0. The molecule has 3 N–H and O–H groups in total. The first-order valence-electron chi connectivity index (χ1n) is 6.87. The van der Waals surface area contributed by atoms with Crippen molar-refractivity contribution in [3.8, 4) is 0 Å². The molecule has 21 heavy (non-hydrogen) atoms. The summed E-state index contributed by atoms with van der Waals surface area (Å²) < 4.78 is 17.2. The van der Waals surface area contributed by atoms with Crippen molar-refractivity contribution in [2.75, 3.05) is 19.9 Å². The number of amides is 1. The summed E-state index contributed by atoms with van der Waals surface area (Å²) in [7, 11) is -2.32. The van der Waals surface area contributed by atoms with E-state index in [1.165, 1.54) is 0 Å². The molecule has 1 aromatic carbocycles. The van der Waals surface area contributed by atoms with Crippen molar-refractivity contribution < 1.29 is 14.1 Å². The average molecular weight is 312 g/mol. The molecule has 0 bridgehead atoms. The second-order valence-electron chi connectivity index (χ2n) is 6.44. The third-order valence-electron chi connectivity index (χ3n) is 2.79. The molecule has 0 aliphatic heterocycles. The van der Waals surface area contributed by atoms with Gasteiger partial charge in [-0.3, -0.25) is 0 Å². The molecule has 0 radical (unpaired) electrons. The second kappa shape index (κ2) is 6.63. The van der Waals surface area contributed by atoms with E-state index in [9.17, 15) is 9.36 Å². The molecule has 0 saturated heterocycles. The molecule has 0 saturated carbocycles. The van der Waals surface area contributed by atoms with E-state index in [1.807, 2.05) is 24.3 Å². The average Bonchev–Trinajstić information content (AvgIpc) is 2.33. The first-order chi connectivity index (χ1) is 9.49. The van der Waals surface area contributed by atoms with Gasteiger partial charge < -0.3 is 20.4 Å². The molecule has 118 valence electrons. The SMILES string of the molecule is CC(C)(C)OC(=O)NCC(N)c1cccc(P(C)(C)=O)c1. The summed E-state index contributed by atoms with van der Waals surface area (Å²) >= 11 is 0. The van der Waals surface area contributed by atoms with Gasteiger partial charge in [-0.1, -0.05) is 18.2 Å². The van der Waals surface area contributed by atoms with E-state index >= 15 is 0 Å². The van der Waals surface area contributed by atoms with Gasteiger partial charge in [0.05, 0.1) is 0 Å². The smallest absolute Gasteiger partial charge is 0.407 e. The van der Waals surface area contributed by atoms with Crippen molar-refractivity contribution in [3.63, 3.8) is 0 Å². The van der Waals surface area contributed by atoms with Gasteiger partial charge in [-0.15, -0.1) is 0 Å². The Kier molecular flexibility index (Phi) is 5.60. The topological polar surface area (TPSA) is 81.4 Å². The lowest BCUT2D eigenvalue weighted by molar-refractivity contribution is 0.0524. The summed E-state index contributed by atoms with van der Waals surface area (Å²) in [5, 5.41) is 3.43. The molecule has 5 nitrogen and oxygen atoms in total. The lowest BCUT2D eigenvalue weighted by atomic mass is 10.1. The predicted octanol–water partition coefficient (Wildman–Crippen LogP) is 2.46. The van der Waals surface area contributed by atoms with E-state index in [4.69, 9.17) is 10.5 Å². The van der Waals surface area contributed by atoms with E-state index in [0.717, 1.165) is 10.9 Å². The fraction of sp³-hybridized carbons (Fsp3) is 0.533. The molecule has 0 aliphatic rings. The number of hydrogen-bond acceptors (Lipinski definition) is 4. The number of carbonyl (C=O) groups is 1. The molecule has 1 amide bonds. The first-order valence-corrected chi connectivity index (χ1v) is 9.47. The van der Waals surface area contributed by atoms with Crippen LogP contribution in [0.1, 0.15) is 32.4 Å². The van der Waals surface area contributed by atoms with Gasteiger partial charge in [0.15, 0.2) is 0 Å². The van der Waals surface area contributed by atoms with Crippen LogP contribution in [-0.4, -0.2) is 31.6 Å². The molecule has 0 spiro atoms. The minimum Gasteiger partial charge on any atom is -0.444 e. The number of rotatable bonds is 4. The number of benzene rings is 1. The molecule has 1 rings (SSSR count). The molecule has 1 aromatic rings. The monoisotopic (exact) mass is 312 g/mol. The fourth-order valence-electron chi connectivity index (χ4n) is 1.72. The van der Waals surface area contributed by atoms with Gasteiger partial charge in [0.2, 0.25) is 0 Å². The van der Waals surface area contributed by atoms with Gasteiger partial charge in [0.25, 0.3) is 0 Å². The largest absolute Gasteiger partial charge is 0.444 e. The second-order valence-corrected chi connectivity index (χ2v) is 9.65. The maximum atomic E-state index is 12.1. The Bertz CT molecular complexity index is 546. The van der Waals surface area contributed by atoms with Crippen LogP contribution in [0.25, 0.3) is 0 Å². The van der Waals surface area contributed by atoms with Gasteiger partial charge in [0, 0.05) is 17.9 Å². The van der Waals surface area contributed by atoms with Gasteiger partial charge in [0.1, 0.15) is 12.7 Å². The number of nitrogens with two attached hydrogens (primary N) is 1. The van der Waals surface area contributed by atoms with Crippen LogP contribution < -0.4 is 16.4 Å². The van der Waals surface area contributed by atoms with Crippen LogP contribution in [0.4, 0.5) is 4.79 Å². The van der Waals surface area contributed by atoms with Crippen LogP contribution in [-0.2, 0) is 9.30 Å². The Hall–Kier alpha value is -1.32. The van der Waals surface area contributed by atoms with Crippen LogP contribution in [0.5, 0.6) is 0 Å². The molecule has 6 heteroatoms. The van der Waals surface area contributed by atoms with Gasteiger partial charge >= 0.3 is 6.09 Å². The minimum absolute atomic E-state index is 0.260. The van der Waals surface area contributed by atoms with Crippen LogP contribution in [0.15, 0.2) is 24.3 Å². The summed E-state index contributed by atoms with van der Waals surface area (Å²) in [6.45, 7) is 9.10. The molecule has 0 heterocycles. The number of carbonyl (C=O) groups excluding carboxylic acids is 1. The highest BCUT2D eigenvalue weighted by Gasteiger charge is 2.18. The highest BCUT2D eigenvalue weighted by atomic mass is 31.2. The van der Waals surface area contributed by atoms with Crippen molar-refractivity contribution in [3.05, 3.63) is 29.8 Å². The lowest BCUT2D eigenvalue weighted by Crippen LogP contribution is -2.36. The van der Waals surface area contributed by atoms with Crippen LogP contribution >= 0.6 is 7.14 Å². The zero-order valence-electron chi connectivity index (χ0n) is 13.3. The maximum Gasteiger partial charge on any atom is 0.407 e. The van der Waals surface area contributed by atoms with Crippen molar-refractivity contribution in [2.24, 2.45) is 5.73 Å². The van der Waals surface area contributed by atoms with E-state index in [-0.39, 0.29) is 12.6 Å². The Morgan fingerprint density at radius 1 is 1.38 bits per heavy atom. The van der Waals surface area contributed by atoms with Gasteiger partial charge in [-0.05, 0) is 45.7 Å². The van der Waals surface area contributed by atoms with E-state index < -0.39 is 18.8 Å². The molecule has 0 aromatic heterocycles. The Labute approximate surface area is 126 Å². The number of ether oxygens (including phenoxy) is 1. The summed E-state index contributed by atoms with van der Waals surface area (Å²) in [5.41, 5.74) is 6.36. The zero-order chi connectivity index (χ0) is 16.3. The maximum absolute atomic E-state index is 12.1. The van der Waals surface area contributed by atoms with Crippen molar-refractivity contribution in [2.45, 2.75) is 32.4 Å². The molecular weight excluding hydrogens is 287 g/mol. The normalized spacial score (nSPS) is 13.6. The predicted molar refractivity (Wildman–Crippen MR) is 86.7 cm³/mol. The zero-order valence-corrected chi connectivity index (χ0v) is 14.2. The Balaban J connectivity index is 2.66. The lowest BCUT2D eigenvalue weighted by Gasteiger charge is -2.21. The summed E-state index contributed by atoms with van der Waals surface area (Å²) in [4.78, 5) is 11.6. The van der Waals surface area contributed by atoms with Crippen molar-refractivity contribution >= 4 is 18.5 Å². The van der Waals surface area contributed by atoms with E-state index in [2.05, 4.69) is 5.32 Å². The number of hydrogen-bond donors (Lipinski definition) is 2. The van der Waals surface area contributed by atoms with Crippen LogP contribution in [0.2, 0.25) is 0 Å². The van der Waals surface area contributed by atoms with E-state index in [1.54, 1.807) is 34.1 Å². The van der Waals surface area contributed by atoms with Gasteiger partial charge in [-0.2, -0.15) is 0 Å². The third-order valence-corrected chi connectivity index (χ3v) is 4.31. The quantitative estimate of drug-likeness (QED) is 0.837. The third kappa shape index (κ3) is 6.32. The van der Waals surface area contributed by atoms with Crippen LogP contribution in [0, 0.1) is 0 Å². The van der Waals surface area contributed by atoms with Crippen molar-refractivity contribution in [1.82, 2.24) is 5.32 Å². The molecule has 0 aliphatic carbocycles. The Morgan fingerprint density at radius 2 is 2.00 bits per heavy atom. The first kappa shape index (κ1) is 17.7. The van der Waals surface area contributed by atoms with Crippen LogP contribution in [0.3, 0.4) is 0 Å². The molecule has 1 atom stereocenters. The highest BCUT2D eigenvalue weighted by Crippen LogP contribution is 2.34. The van der Waals surface area contributed by atoms with E-state index in [0.29, 0.717) is 0 Å². The molecular formula is C15H25N2O3P. The van der Waals surface area contributed by atoms with Crippen molar-refractivity contribution in [1.29, 1.82) is 0 Å². The van der Waals surface area contributed by atoms with Gasteiger partial charge in [-0.25, -0.2) is 4.79 Å². The number of alkyl carbamates (subject to hydrolysis) is 1. The molecule has 0 fully saturated rings. The molecule has 1 unspecified atom stereocenters. The summed E-state index contributed by atoms with van der Waals surface area (Å²) in [6.07, 6.45) is -0.495. The highest BCUT2D eigenvalue weighted by molar-refractivity contribution is 7.70. The minimum atomic E-state index is -2.32.